The lowest BCUT2D eigenvalue weighted by Crippen LogP contribution is -2.38. The molecule has 0 saturated heterocycles. The summed E-state index contributed by atoms with van der Waals surface area (Å²) in [5.41, 5.74) is 2.76. The van der Waals surface area contributed by atoms with E-state index in [0.717, 1.165) is 103 Å². The Morgan fingerprint density at radius 2 is 0.881 bits per heavy atom. The molecule has 2 aromatic rings. The lowest BCUT2D eigenvalue weighted by atomic mass is 9.93. The molecule has 4 rings (SSSR count). The molecule has 0 aromatic heterocycles. The van der Waals surface area contributed by atoms with E-state index >= 15 is 0 Å². The third kappa shape index (κ3) is 15.0. The molecule has 2 aliphatic carbocycles. The number of rotatable bonds is 14. The van der Waals surface area contributed by atoms with Crippen LogP contribution in [-0.2, 0) is 22.4 Å². The number of unbranched alkanes of at least 4 members (excludes halogenated alkanes) is 4. The molecule has 6 nitrogen and oxygen atoms in total. The van der Waals surface area contributed by atoms with Crippen molar-refractivity contribution in [2.75, 3.05) is 0 Å². The van der Waals surface area contributed by atoms with Gasteiger partial charge in [0.15, 0.2) is 0 Å². The predicted octanol–water partition coefficient (Wildman–Crippen LogP) is 6.42. The summed E-state index contributed by atoms with van der Waals surface area (Å²) in [6, 6.07) is 21.6. The first-order valence-electron chi connectivity index (χ1n) is 16.5. The summed E-state index contributed by atoms with van der Waals surface area (Å²) in [5, 5.41) is 25.1. The van der Waals surface area contributed by atoms with Gasteiger partial charge in [0.2, 0.25) is 11.8 Å². The van der Waals surface area contributed by atoms with E-state index in [4.69, 9.17) is 0 Å². The van der Waals surface area contributed by atoms with E-state index in [1.54, 1.807) is 0 Å². The zero-order chi connectivity index (χ0) is 29.8. The van der Waals surface area contributed by atoms with Crippen molar-refractivity contribution < 1.29 is 19.8 Å². The molecule has 2 aromatic carbocycles. The number of hydrogen-bond donors (Lipinski definition) is 4. The van der Waals surface area contributed by atoms with Crippen LogP contribution < -0.4 is 10.6 Å². The molecular formula is C36H54N2O4. The van der Waals surface area contributed by atoms with Crippen LogP contribution >= 0.6 is 0 Å². The molecule has 0 unspecified atom stereocenters. The van der Waals surface area contributed by atoms with Crippen LogP contribution in [-0.4, -0.2) is 46.3 Å². The number of nitrogens with one attached hydrogen (secondary N) is 2. The molecule has 42 heavy (non-hydrogen) atoms. The van der Waals surface area contributed by atoms with Crippen molar-refractivity contribution in [1.29, 1.82) is 0 Å². The molecule has 0 aliphatic heterocycles. The van der Waals surface area contributed by atoms with Gasteiger partial charge in [0.05, 0.1) is 12.2 Å². The number of amides is 2. The number of aryl methyl sites for hydroxylation is 2. The Labute approximate surface area is 253 Å². The van der Waals surface area contributed by atoms with E-state index in [-0.39, 0.29) is 36.1 Å². The smallest absolute Gasteiger partial charge is 0.220 e. The molecule has 6 heteroatoms. The summed E-state index contributed by atoms with van der Waals surface area (Å²) in [7, 11) is 0. The lowest BCUT2D eigenvalue weighted by Gasteiger charge is -2.26. The second-order valence-corrected chi connectivity index (χ2v) is 12.2. The second-order valence-electron chi connectivity index (χ2n) is 12.2. The first kappa shape index (κ1) is 33.8. The van der Waals surface area contributed by atoms with Crippen LogP contribution in [0.3, 0.4) is 0 Å². The van der Waals surface area contributed by atoms with Crippen molar-refractivity contribution in [3.05, 3.63) is 71.8 Å². The van der Waals surface area contributed by atoms with Gasteiger partial charge >= 0.3 is 0 Å². The third-order valence-corrected chi connectivity index (χ3v) is 8.55. The zero-order valence-corrected chi connectivity index (χ0v) is 25.5. The topological polar surface area (TPSA) is 98.7 Å². The molecule has 4 N–H and O–H groups in total. The average Bonchev–Trinajstić information content (AvgIpc) is 3.00. The minimum atomic E-state index is -0.156. The number of benzene rings is 2. The van der Waals surface area contributed by atoms with Gasteiger partial charge < -0.3 is 20.8 Å². The molecule has 0 bridgehead atoms. The molecule has 2 amide bonds. The van der Waals surface area contributed by atoms with Crippen LogP contribution in [0.1, 0.15) is 114 Å². The maximum absolute atomic E-state index is 11.9. The van der Waals surface area contributed by atoms with Gasteiger partial charge in [-0.1, -0.05) is 73.5 Å². The van der Waals surface area contributed by atoms with Gasteiger partial charge in [-0.15, -0.1) is 0 Å². The molecule has 0 spiro atoms. The number of hydrogen-bond acceptors (Lipinski definition) is 4. The Morgan fingerprint density at radius 1 is 0.524 bits per heavy atom. The van der Waals surface area contributed by atoms with Gasteiger partial charge in [-0.3, -0.25) is 9.59 Å². The van der Waals surface area contributed by atoms with E-state index in [9.17, 15) is 19.8 Å². The van der Waals surface area contributed by atoms with E-state index in [1.807, 2.05) is 12.1 Å². The van der Waals surface area contributed by atoms with Gasteiger partial charge in [0.1, 0.15) is 0 Å². The third-order valence-electron chi connectivity index (χ3n) is 8.55. The fourth-order valence-electron chi connectivity index (χ4n) is 5.91. The van der Waals surface area contributed by atoms with Crippen molar-refractivity contribution in [2.45, 2.75) is 140 Å². The molecule has 2 fully saturated rings. The normalized spacial score (nSPS) is 22.0. The molecule has 2 saturated carbocycles. The molecule has 0 radical (unpaired) electrons. The summed E-state index contributed by atoms with van der Waals surface area (Å²) in [5.74, 6) is 0.354. The maximum Gasteiger partial charge on any atom is 0.220 e. The Balaban J connectivity index is 0.000000230. The van der Waals surface area contributed by atoms with Crippen LogP contribution in [0.2, 0.25) is 0 Å². The van der Waals surface area contributed by atoms with Crippen LogP contribution in [0, 0.1) is 0 Å². The summed E-state index contributed by atoms with van der Waals surface area (Å²) in [6.45, 7) is 0. The van der Waals surface area contributed by atoms with E-state index in [0.29, 0.717) is 12.8 Å². The highest BCUT2D eigenvalue weighted by Gasteiger charge is 2.21. The average molecular weight is 579 g/mol. The van der Waals surface area contributed by atoms with E-state index in [2.05, 4.69) is 59.2 Å². The van der Waals surface area contributed by atoms with Gasteiger partial charge in [0.25, 0.3) is 0 Å². The van der Waals surface area contributed by atoms with E-state index in [1.165, 1.54) is 11.1 Å². The number of aliphatic hydroxyl groups excluding tert-OH is 2. The minimum Gasteiger partial charge on any atom is -0.393 e. The summed E-state index contributed by atoms with van der Waals surface area (Å²) in [6.07, 6.45) is 16.5. The molecular weight excluding hydrogens is 524 g/mol. The SMILES string of the molecule is O=C(CCCCCc1ccccc1)NC1CCC(O)CC1.O=C(CCCCCc1ccccc1)NC1CCC(O)CC1. The van der Waals surface area contributed by atoms with Crippen molar-refractivity contribution in [3.63, 3.8) is 0 Å². The molecule has 0 atom stereocenters. The quantitative estimate of drug-likeness (QED) is 0.195. The summed E-state index contributed by atoms with van der Waals surface area (Å²) < 4.78 is 0. The van der Waals surface area contributed by atoms with Crippen LogP contribution in [0.25, 0.3) is 0 Å². The Bertz CT molecular complexity index is 902. The monoisotopic (exact) mass is 578 g/mol. The highest BCUT2D eigenvalue weighted by Crippen LogP contribution is 2.19. The maximum atomic E-state index is 11.9. The Hall–Kier alpha value is -2.70. The van der Waals surface area contributed by atoms with Gasteiger partial charge in [-0.05, 0) is 101 Å². The first-order chi connectivity index (χ1) is 20.5. The first-order valence-corrected chi connectivity index (χ1v) is 16.5. The highest BCUT2D eigenvalue weighted by atomic mass is 16.3. The van der Waals surface area contributed by atoms with Gasteiger partial charge in [-0.25, -0.2) is 0 Å². The molecule has 0 heterocycles. The molecule has 2 aliphatic rings. The van der Waals surface area contributed by atoms with Gasteiger partial charge in [-0.2, -0.15) is 0 Å². The van der Waals surface area contributed by atoms with Crippen molar-refractivity contribution in [1.82, 2.24) is 10.6 Å². The number of aliphatic hydroxyl groups is 2. The van der Waals surface area contributed by atoms with Gasteiger partial charge in [0, 0.05) is 24.9 Å². The fourth-order valence-corrected chi connectivity index (χ4v) is 5.91. The highest BCUT2D eigenvalue weighted by molar-refractivity contribution is 5.76. The Morgan fingerprint density at radius 3 is 1.24 bits per heavy atom. The zero-order valence-electron chi connectivity index (χ0n) is 25.5. The minimum absolute atomic E-state index is 0.156. The largest absolute Gasteiger partial charge is 0.393 e. The van der Waals surface area contributed by atoms with Crippen molar-refractivity contribution >= 4 is 11.8 Å². The summed E-state index contributed by atoms with van der Waals surface area (Å²) >= 11 is 0. The van der Waals surface area contributed by atoms with Crippen LogP contribution in [0.4, 0.5) is 0 Å². The number of carbonyl (C=O) groups excluding carboxylic acids is 2. The van der Waals surface area contributed by atoms with Crippen LogP contribution in [0.15, 0.2) is 60.7 Å². The fraction of sp³-hybridized carbons (Fsp3) is 0.611. The predicted molar refractivity (Wildman–Crippen MR) is 170 cm³/mol. The number of carbonyl (C=O) groups is 2. The van der Waals surface area contributed by atoms with Crippen molar-refractivity contribution in [2.24, 2.45) is 0 Å². The van der Waals surface area contributed by atoms with E-state index < -0.39 is 0 Å². The summed E-state index contributed by atoms with van der Waals surface area (Å²) in [4.78, 5) is 23.7. The second kappa shape index (κ2) is 20.2. The van der Waals surface area contributed by atoms with Crippen molar-refractivity contribution in [3.8, 4) is 0 Å². The lowest BCUT2D eigenvalue weighted by molar-refractivity contribution is -0.123. The van der Waals surface area contributed by atoms with Crippen LogP contribution in [0.5, 0.6) is 0 Å². The molecule has 232 valence electrons. The Kier molecular flexibility index (Phi) is 16.3. The standard InChI is InChI=1S/2C18H27NO2/c2*20-17-13-11-16(12-14-17)19-18(21)10-6-2-5-9-15-7-3-1-4-8-15/h2*1,3-4,7-8,16-17,20H,2,5-6,9-14H2,(H,19,21).